The molecule has 4 nitrogen and oxygen atoms in total. The lowest BCUT2D eigenvalue weighted by Crippen LogP contribution is -2.48. The van der Waals surface area contributed by atoms with Crippen LogP contribution >= 0.6 is 11.3 Å². The molecule has 3 rings (SSSR count). The lowest BCUT2D eigenvalue weighted by atomic mass is 9.84. The fourth-order valence-corrected chi connectivity index (χ4v) is 4.26. The lowest BCUT2D eigenvalue weighted by Gasteiger charge is -2.35. The SMILES string of the molecule is CC(C)C[C@H](N[C@H](c1nccs1)C1(F)C=CC(c2ccccc2)=C(F)C1)C(=O)O. The molecule has 0 radical (unpaired) electrons. The van der Waals surface area contributed by atoms with E-state index in [4.69, 9.17) is 0 Å². The second-order valence-corrected chi connectivity index (χ2v) is 8.54. The third-order valence-electron chi connectivity index (χ3n) is 4.88. The van der Waals surface area contributed by atoms with Gasteiger partial charge in [-0.25, -0.2) is 13.8 Å². The highest BCUT2D eigenvalue weighted by Gasteiger charge is 2.44. The first kappa shape index (κ1) is 21.3. The molecule has 154 valence electrons. The van der Waals surface area contributed by atoms with Crippen LogP contribution in [0.5, 0.6) is 0 Å². The number of nitrogens with zero attached hydrogens (tertiary/aromatic N) is 1. The fraction of sp³-hybridized carbons (Fsp3) is 0.364. The summed E-state index contributed by atoms with van der Waals surface area (Å²) in [5, 5.41) is 14.6. The Morgan fingerprint density at radius 1 is 1.34 bits per heavy atom. The van der Waals surface area contributed by atoms with Crippen LogP contribution in [0.15, 0.2) is 59.9 Å². The molecule has 0 saturated heterocycles. The highest BCUT2D eigenvalue weighted by atomic mass is 32.1. The molecule has 1 heterocycles. The van der Waals surface area contributed by atoms with E-state index in [0.717, 1.165) is 0 Å². The van der Waals surface area contributed by atoms with E-state index < -0.39 is 36.0 Å². The number of carboxylic acids is 1. The van der Waals surface area contributed by atoms with Crippen molar-refractivity contribution in [3.05, 3.63) is 70.5 Å². The number of alkyl halides is 1. The summed E-state index contributed by atoms with van der Waals surface area (Å²) in [5.41, 5.74) is -1.12. The summed E-state index contributed by atoms with van der Waals surface area (Å²) in [6.45, 7) is 3.80. The van der Waals surface area contributed by atoms with Crippen LogP contribution < -0.4 is 5.32 Å². The van der Waals surface area contributed by atoms with Crippen LogP contribution in [-0.4, -0.2) is 27.8 Å². The quantitative estimate of drug-likeness (QED) is 0.609. The topological polar surface area (TPSA) is 62.2 Å². The normalized spacial score (nSPS) is 21.4. The Balaban J connectivity index is 1.92. The van der Waals surface area contributed by atoms with E-state index in [9.17, 15) is 14.3 Å². The predicted molar refractivity (Wildman–Crippen MR) is 111 cm³/mol. The fourth-order valence-electron chi connectivity index (χ4n) is 3.48. The van der Waals surface area contributed by atoms with E-state index >= 15 is 4.39 Å². The number of carboxylic acid groups (broad SMARTS) is 1. The van der Waals surface area contributed by atoms with Gasteiger partial charge in [0.2, 0.25) is 0 Å². The van der Waals surface area contributed by atoms with Gasteiger partial charge in [-0.05, 0) is 24.0 Å². The molecule has 0 saturated carbocycles. The molecule has 1 unspecified atom stereocenters. The van der Waals surface area contributed by atoms with Gasteiger partial charge in [-0.3, -0.25) is 10.1 Å². The third kappa shape index (κ3) is 4.97. The molecule has 1 aromatic carbocycles. The maximum absolute atomic E-state index is 16.1. The van der Waals surface area contributed by atoms with Gasteiger partial charge in [-0.15, -0.1) is 11.3 Å². The van der Waals surface area contributed by atoms with E-state index in [1.54, 1.807) is 29.6 Å². The van der Waals surface area contributed by atoms with E-state index in [1.165, 1.54) is 29.7 Å². The van der Waals surface area contributed by atoms with Crippen LogP contribution in [0.4, 0.5) is 8.78 Å². The van der Waals surface area contributed by atoms with Gasteiger partial charge >= 0.3 is 5.97 Å². The number of hydrogen-bond donors (Lipinski definition) is 2. The zero-order valence-electron chi connectivity index (χ0n) is 16.3. The first-order chi connectivity index (χ1) is 13.8. The number of carbonyl (C=O) groups is 1. The second kappa shape index (κ2) is 8.97. The molecule has 1 aliphatic carbocycles. The number of allylic oxidation sites excluding steroid dienone is 3. The van der Waals surface area contributed by atoms with Gasteiger partial charge in [0.1, 0.15) is 16.9 Å². The molecule has 7 heteroatoms. The largest absolute Gasteiger partial charge is 0.480 e. The minimum absolute atomic E-state index is 0.0966. The van der Waals surface area contributed by atoms with Crippen molar-refractivity contribution in [2.75, 3.05) is 0 Å². The third-order valence-corrected chi connectivity index (χ3v) is 5.72. The van der Waals surface area contributed by atoms with Crippen LogP contribution in [-0.2, 0) is 4.79 Å². The molecule has 1 aromatic heterocycles. The Labute approximate surface area is 173 Å². The minimum Gasteiger partial charge on any atom is -0.480 e. The van der Waals surface area contributed by atoms with Gasteiger partial charge in [0.05, 0.1) is 6.04 Å². The van der Waals surface area contributed by atoms with Crippen molar-refractivity contribution < 1.29 is 18.7 Å². The molecule has 0 amide bonds. The lowest BCUT2D eigenvalue weighted by molar-refractivity contribution is -0.140. The van der Waals surface area contributed by atoms with Crippen LogP contribution in [0, 0.1) is 5.92 Å². The predicted octanol–water partition coefficient (Wildman–Crippen LogP) is 5.32. The van der Waals surface area contributed by atoms with Crippen molar-refractivity contribution in [1.29, 1.82) is 0 Å². The summed E-state index contributed by atoms with van der Waals surface area (Å²) in [4.78, 5) is 15.9. The van der Waals surface area contributed by atoms with Gasteiger partial charge in [-0.1, -0.05) is 50.3 Å². The molecule has 0 aliphatic heterocycles. The van der Waals surface area contributed by atoms with E-state index in [0.29, 0.717) is 22.6 Å². The van der Waals surface area contributed by atoms with Gasteiger partial charge < -0.3 is 5.11 Å². The van der Waals surface area contributed by atoms with Crippen molar-refractivity contribution in [3.63, 3.8) is 0 Å². The molecule has 2 N–H and O–H groups in total. The van der Waals surface area contributed by atoms with Crippen molar-refractivity contribution in [3.8, 4) is 0 Å². The molecule has 0 fully saturated rings. The summed E-state index contributed by atoms with van der Waals surface area (Å²) in [6.07, 6.45) is 4.13. The number of thiazole rings is 1. The molecule has 29 heavy (non-hydrogen) atoms. The standard InChI is InChI=1S/C22H24F2N2O2S/c1-14(2)12-18(21(27)28)26-19(20-25-10-11-29-20)22(24)9-8-16(17(23)13-22)15-6-4-3-5-7-15/h3-11,14,18-19,26H,12-13H2,1-2H3,(H,27,28)/t18-,19+,22?/m0/s1. The maximum Gasteiger partial charge on any atom is 0.320 e. The number of nitrogens with one attached hydrogen (secondary N) is 1. The molecular formula is C22H24F2N2O2S. The molecule has 0 bridgehead atoms. The highest BCUT2D eigenvalue weighted by molar-refractivity contribution is 7.09. The van der Waals surface area contributed by atoms with Crippen LogP contribution in [0.3, 0.4) is 0 Å². The Bertz CT molecular complexity index is 897. The van der Waals surface area contributed by atoms with Crippen LogP contribution in [0.25, 0.3) is 5.57 Å². The molecular weight excluding hydrogens is 394 g/mol. The smallest absolute Gasteiger partial charge is 0.320 e. The summed E-state index contributed by atoms with van der Waals surface area (Å²) >= 11 is 1.22. The number of halogens is 2. The first-order valence-electron chi connectivity index (χ1n) is 9.50. The minimum atomic E-state index is -2.13. The number of aromatic nitrogens is 1. The van der Waals surface area contributed by atoms with Crippen molar-refractivity contribution in [2.45, 2.75) is 44.4 Å². The number of benzene rings is 1. The zero-order valence-corrected chi connectivity index (χ0v) is 17.1. The second-order valence-electron chi connectivity index (χ2n) is 7.61. The Hall–Kier alpha value is -2.38. The zero-order chi connectivity index (χ0) is 21.0. The average molecular weight is 419 g/mol. The number of rotatable bonds is 8. The summed E-state index contributed by atoms with van der Waals surface area (Å²) in [5.74, 6) is -1.54. The van der Waals surface area contributed by atoms with E-state index in [1.807, 2.05) is 19.9 Å². The van der Waals surface area contributed by atoms with Crippen molar-refractivity contribution >= 4 is 22.9 Å². The Morgan fingerprint density at radius 3 is 2.62 bits per heavy atom. The maximum atomic E-state index is 16.1. The van der Waals surface area contributed by atoms with Gasteiger partial charge in [0, 0.05) is 23.6 Å². The van der Waals surface area contributed by atoms with E-state index in [-0.39, 0.29) is 5.92 Å². The summed E-state index contributed by atoms with van der Waals surface area (Å²) in [7, 11) is 0. The summed E-state index contributed by atoms with van der Waals surface area (Å²) in [6, 6.07) is 6.92. The average Bonchev–Trinajstić information content (AvgIpc) is 3.19. The highest BCUT2D eigenvalue weighted by Crippen LogP contribution is 2.43. The summed E-state index contributed by atoms with van der Waals surface area (Å²) < 4.78 is 31.0. The van der Waals surface area contributed by atoms with Gasteiger partial charge in [0.25, 0.3) is 0 Å². The number of hydrogen-bond acceptors (Lipinski definition) is 4. The van der Waals surface area contributed by atoms with Gasteiger partial charge in [-0.2, -0.15) is 0 Å². The Morgan fingerprint density at radius 2 is 2.07 bits per heavy atom. The van der Waals surface area contributed by atoms with Crippen molar-refractivity contribution in [1.82, 2.24) is 10.3 Å². The van der Waals surface area contributed by atoms with Crippen LogP contribution in [0.1, 0.15) is 43.3 Å². The van der Waals surface area contributed by atoms with E-state index in [2.05, 4.69) is 10.3 Å². The Kier molecular flexibility index (Phi) is 6.59. The molecule has 2 aromatic rings. The molecule has 0 spiro atoms. The number of aliphatic carboxylic acids is 1. The first-order valence-corrected chi connectivity index (χ1v) is 10.4. The molecule has 3 atom stereocenters. The van der Waals surface area contributed by atoms with Crippen molar-refractivity contribution in [2.24, 2.45) is 5.92 Å². The van der Waals surface area contributed by atoms with Crippen LogP contribution in [0.2, 0.25) is 0 Å². The monoisotopic (exact) mass is 418 g/mol. The van der Waals surface area contributed by atoms with Gasteiger partial charge in [0.15, 0.2) is 5.67 Å². The molecule has 1 aliphatic rings.